The molecule has 2 N–H and O–H groups in total. The van der Waals surface area contributed by atoms with Crippen LogP contribution in [0.5, 0.6) is 0 Å². The largest absolute Gasteiger partial charge is 0.388 e. The Balaban J connectivity index is 2.10. The second-order valence-electron chi connectivity index (χ2n) is 5.39. The normalized spacial score (nSPS) is 17.2. The van der Waals surface area contributed by atoms with E-state index in [1.165, 1.54) is 0 Å². The third-order valence-electron chi connectivity index (χ3n) is 3.84. The predicted octanol–water partition coefficient (Wildman–Crippen LogP) is 2.11. The van der Waals surface area contributed by atoms with Gasteiger partial charge in [0.1, 0.15) is 0 Å². The molecule has 0 spiro atoms. The lowest BCUT2D eigenvalue weighted by atomic mass is 10.0. The topological polar surface area (TPSA) is 52.6 Å². The average molecular weight is 262 g/mol. The number of amides is 1. The summed E-state index contributed by atoms with van der Waals surface area (Å²) >= 11 is 0. The van der Waals surface area contributed by atoms with E-state index in [9.17, 15) is 9.90 Å². The van der Waals surface area contributed by atoms with Gasteiger partial charge in [0.25, 0.3) is 5.91 Å². The highest BCUT2D eigenvalue weighted by Crippen LogP contribution is 2.30. The second kappa shape index (κ2) is 5.61. The van der Waals surface area contributed by atoms with Crippen molar-refractivity contribution in [3.05, 3.63) is 29.8 Å². The molecular formula is C15H22N2O2. The molecule has 0 bridgehead atoms. The molecule has 4 nitrogen and oxygen atoms in total. The number of carbonyl (C=O) groups is 1. The number of hydrogen-bond donors (Lipinski definition) is 2. The molecule has 19 heavy (non-hydrogen) atoms. The summed E-state index contributed by atoms with van der Waals surface area (Å²) in [6.45, 7) is 0.407. The van der Waals surface area contributed by atoms with Crippen LogP contribution in [0.1, 0.15) is 36.0 Å². The summed E-state index contributed by atoms with van der Waals surface area (Å²) in [5.74, 6) is -0.0507. The number of aliphatic hydroxyl groups is 1. The summed E-state index contributed by atoms with van der Waals surface area (Å²) in [4.78, 5) is 14.1. The predicted molar refractivity (Wildman–Crippen MR) is 76.4 cm³/mol. The van der Waals surface area contributed by atoms with Crippen LogP contribution < -0.4 is 5.32 Å². The monoisotopic (exact) mass is 262 g/mol. The van der Waals surface area contributed by atoms with Crippen molar-refractivity contribution in [3.8, 4) is 0 Å². The van der Waals surface area contributed by atoms with Crippen molar-refractivity contribution in [1.82, 2.24) is 4.90 Å². The number of hydrogen-bond acceptors (Lipinski definition) is 3. The number of anilines is 1. The van der Waals surface area contributed by atoms with Crippen LogP contribution in [0.4, 0.5) is 5.69 Å². The Hall–Kier alpha value is -1.55. The summed E-state index contributed by atoms with van der Waals surface area (Å²) in [6, 6.07) is 7.44. The van der Waals surface area contributed by atoms with Crippen molar-refractivity contribution in [2.24, 2.45) is 0 Å². The van der Waals surface area contributed by atoms with Crippen LogP contribution in [0.15, 0.2) is 24.3 Å². The van der Waals surface area contributed by atoms with Gasteiger partial charge in [-0.2, -0.15) is 0 Å². The van der Waals surface area contributed by atoms with E-state index in [-0.39, 0.29) is 5.91 Å². The van der Waals surface area contributed by atoms with Crippen LogP contribution in [-0.2, 0) is 0 Å². The molecule has 0 saturated heterocycles. The van der Waals surface area contributed by atoms with Gasteiger partial charge in [-0.1, -0.05) is 25.0 Å². The molecule has 1 aromatic carbocycles. The van der Waals surface area contributed by atoms with E-state index in [0.29, 0.717) is 12.1 Å². The van der Waals surface area contributed by atoms with Gasteiger partial charge in [0, 0.05) is 26.3 Å². The minimum atomic E-state index is -0.695. The first-order valence-electron chi connectivity index (χ1n) is 6.80. The van der Waals surface area contributed by atoms with E-state index < -0.39 is 5.60 Å². The van der Waals surface area contributed by atoms with Gasteiger partial charge in [0.15, 0.2) is 0 Å². The Morgan fingerprint density at radius 2 is 2.00 bits per heavy atom. The maximum atomic E-state index is 12.4. The molecule has 0 aromatic heterocycles. The molecule has 1 saturated carbocycles. The summed E-state index contributed by atoms with van der Waals surface area (Å²) in [7, 11) is 3.56. The standard InChI is InChI=1S/C15H22N2O2/c1-16-13-8-4-3-7-12(13)14(18)17(2)11-15(19)9-5-6-10-15/h3-4,7-8,16,19H,5-6,9-11H2,1-2H3. The second-order valence-corrected chi connectivity index (χ2v) is 5.39. The maximum Gasteiger partial charge on any atom is 0.255 e. The van der Waals surface area contributed by atoms with Gasteiger partial charge in [-0.3, -0.25) is 4.79 Å². The number of nitrogens with one attached hydrogen (secondary N) is 1. The van der Waals surface area contributed by atoms with Crippen molar-refractivity contribution in [2.75, 3.05) is 26.0 Å². The molecule has 0 heterocycles. The first kappa shape index (κ1) is 13.9. The molecule has 4 heteroatoms. The first-order valence-corrected chi connectivity index (χ1v) is 6.80. The van der Waals surface area contributed by atoms with Crippen LogP contribution in [-0.4, -0.2) is 42.2 Å². The van der Waals surface area contributed by atoms with Gasteiger partial charge < -0.3 is 15.3 Å². The fraction of sp³-hybridized carbons (Fsp3) is 0.533. The third kappa shape index (κ3) is 3.07. The average Bonchev–Trinajstić information content (AvgIpc) is 2.84. The van der Waals surface area contributed by atoms with Crippen molar-refractivity contribution in [1.29, 1.82) is 0 Å². The van der Waals surface area contributed by atoms with Gasteiger partial charge in [0.2, 0.25) is 0 Å². The summed E-state index contributed by atoms with van der Waals surface area (Å²) < 4.78 is 0. The highest BCUT2D eigenvalue weighted by Gasteiger charge is 2.33. The Bertz CT molecular complexity index is 453. The lowest BCUT2D eigenvalue weighted by Gasteiger charge is -2.29. The highest BCUT2D eigenvalue weighted by molar-refractivity contribution is 5.99. The van der Waals surface area contributed by atoms with Gasteiger partial charge >= 0.3 is 0 Å². The smallest absolute Gasteiger partial charge is 0.255 e. The van der Waals surface area contributed by atoms with E-state index in [2.05, 4.69) is 5.32 Å². The molecule has 0 radical (unpaired) electrons. The maximum absolute atomic E-state index is 12.4. The minimum absolute atomic E-state index is 0.0507. The van der Waals surface area contributed by atoms with Gasteiger partial charge in [0.05, 0.1) is 11.2 Å². The Morgan fingerprint density at radius 3 is 2.63 bits per heavy atom. The number of rotatable bonds is 4. The van der Waals surface area contributed by atoms with E-state index in [1.54, 1.807) is 19.0 Å². The quantitative estimate of drug-likeness (QED) is 0.873. The van der Waals surface area contributed by atoms with Crippen LogP contribution in [0.3, 0.4) is 0 Å². The molecule has 1 aromatic rings. The first-order chi connectivity index (χ1) is 9.06. The summed E-state index contributed by atoms with van der Waals surface area (Å²) in [6.07, 6.45) is 3.67. The molecule has 1 aliphatic carbocycles. The number of benzene rings is 1. The molecule has 104 valence electrons. The summed E-state index contributed by atoms with van der Waals surface area (Å²) in [5, 5.41) is 13.4. The van der Waals surface area contributed by atoms with Gasteiger partial charge in [-0.25, -0.2) is 0 Å². The van der Waals surface area contributed by atoms with Crippen LogP contribution >= 0.6 is 0 Å². The molecular weight excluding hydrogens is 240 g/mol. The third-order valence-corrected chi connectivity index (χ3v) is 3.84. The molecule has 1 amide bonds. The van der Waals surface area contributed by atoms with Crippen LogP contribution in [0, 0.1) is 0 Å². The van der Waals surface area contributed by atoms with Crippen molar-refractivity contribution < 1.29 is 9.90 Å². The fourth-order valence-corrected chi connectivity index (χ4v) is 2.80. The molecule has 1 fully saturated rings. The van der Waals surface area contributed by atoms with Crippen molar-refractivity contribution in [3.63, 3.8) is 0 Å². The van der Waals surface area contributed by atoms with Gasteiger partial charge in [-0.05, 0) is 25.0 Å². The number of carbonyl (C=O) groups excluding carboxylic acids is 1. The molecule has 1 aliphatic rings. The number of nitrogens with zero attached hydrogens (tertiary/aromatic N) is 1. The Kier molecular flexibility index (Phi) is 4.10. The van der Waals surface area contributed by atoms with E-state index in [1.807, 2.05) is 24.3 Å². The van der Waals surface area contributed by atoms with E-state index in [4.69, 9.17) is 0 Å². The molecule has 0 atom stereocenters. The molecule has 2 rings (SSSR count). The summed E-state index contributed by atoms with van der Waals surface area (Å²) in [5.41, 5.74) is 0.769. The minimum Gasteiger partial charge on any atom is -0.388 e. The lowest BCUT2D eigenvalue weighted by Crippen LogP contribution is -2.42. The number of likely N-dealkylation sites (N-methyl/N-ethyl adjacent to an activating group) is 1. The van der Waals surface area contributed by atoms with Crippen molar-refractivity contribution >= 4 is 11.6 Å². The van der Waals surface area contributed by atoms with E-state index >= 15 is 0 Å². The Labute approximate surface area is 114 Å². The van der Waals surface area contributed by atoms with Crippen LogP contribution in [0.25, 0.3) is 0 Å². The Morgan fingerprint density at radius 1 is 1.37 bits per heavy atom. The zero-order chi connectivity index (χ0) is 13.9. The SMILES string of the molecule is CNc1ccccc1C(=O)N(C)CC1(O)CCCC1. The highest BCUT2D eigenvalue weighted by atomic mass is 16.3. The zero-order valence-electron chi connectivity index (χ0n) is 11.6. The van der Waals surface area contributed by atoms with Crippen LogP contribution in [0.2, 0.25) is 0 Å². The van der Waals surface area contributed by atoms with E-state index in [0.717, 1.165) is 31.4 Å². The molecule has 0 aliphatic heterocycles. The van der Waals surface area contributed by atoms with Gasteiger partial charge in [-0.15, -0.1) is 0 Å². The lowest BCUT2D eigenvalue weighted by molar-refractivity contribution is 0.0157. The zero-order valence-corrected chi connectivity index (χ0v) is 11.6. The van der Waals surface area contributed by atoms with Crippen molar-refractivity contribution in [2.45, 2.75) is 31.3 Å². The molecule has 0 unspecified atom stereocenters. The number of para-hydroxylation sites is 1. The fourth-order valence-electron chi connectivity index (χ4n) is 2.80.